The minimum Gasteiger partial charge on any atom is -0.368 e. The van der Waals surface area contributed by atoms with Crippen LogP contribution in [0.25, 0.3) is 0 Å². The Morgan fingerprint density at radius 3 is 2.12 bits per heavy atom. The first-order chi connectivity index (χ1) is 11.6. The quantitative estimate of drug-likeness (QED) is 0.822. The number of hydrogen-bond acceptors (Lipinski definition) is 3. The van der Waals surface area contributed by atoms with Gasteiger partial charge in [0.05, 0.1) is 0 Å². The molecule has 0 aliphatic carbocycles. The topological polar surface area (TPSA) is 49.6 Å². The van der Waals surface area contributed by atoms with Crippen molar-refractivity contribution in [2.75, 3.05) is 31.1 Å². The highest BCUT2D eigenvalue weighted by Crippen LogP contribution is 2.20. The minimum atomic E-state index is -0.243. The number of nitrogens with two attached hydrogens (primary N) is 1. The summed E-state index contributed by atoms with van der Waals surface area (Å²) >= 11 is 5.93. The summed E-state index contributed by atoms with van der Waals surface area (Å²) in [5.74, 6) is 0.127. The molecule has 0 radical (unpaired) electrons. The summed E-state index contributed by atoms with van der Waals surface area (Å²) in [5, 5.41) is 0.738. The van der Waals surface area contributed by atoms with E-state index in [-0.39, 0.29) is 36.8 Å². The van der Waals surface area contributed by atoms with Gasteiger partial charge in [-0.1, -0.05) is 41.9 Å². The molecule has 4 nitrogen and oxygen atoms in total. The molecule has 1 unspecified atom stereocenters. The Hall–Kier alpha value is -1.46. The van der Waals surface area contributed by atoms with Gasteiger partial charge >= 0.3 is 0 Å². The fraction of sp³-hybridized carbons (Fsp3) is 0.316. The Balaban J connectivity index is 0.00000169. The summed E-state index contributed by atoms with van der Waals surface area (Å²) in [7, 11) is 0. The molecular weight excluding hydrogens is 393 g/mol. The third-order valence-electron chi connectivity index (χ3n) is 4.45. The van der Waals surface area contributed by atoms with E-state index in [2.05, 4.69) is 4.90 Å². The number of carbonyl (C=O) groups excluding carboxylic acids is 1. The zero-order valence-corrected chi connectivity index (χ0v) is 16.8. The van der Waals surface area contributed by atoms with E-state index in [0.29, 0.717) is 6.42 Å². The third kappa shape index (κ3) is 5.78. The Bertz CT molecular complexity index is 674. The monoisotopic (exact) mass is 415 g/mol. The summed E-state index contributed by atoms with van der Waals surface area (Å²) in [4.78, 5) is 16.7. The molecular formula is C19H24Cl3N3O. The highest BCUT2D eigenvalue weighted by Gasteiger charge is 2.23. The molecule has 2 aromatic rings. The van der Waals surface area contributed by atoms with Crippen LogP contribution in [-0.2, 0) is 4.79 Å². The lowest BCUT2D eigenvalue weighted by atomic mass is 10.0. The SMILES string of the molecule is Cl.Cl.NC(CC(=O)N1CCN(c2ccc(Cl)cc2)CC1)c1ccccc1. The van der Waals surface area contributed by atoms with Crippen LogP contribution in [0.3, 0.4) is 0 Å². The van der Waals surface area contributed by atoms with Crippen LogP contribution < -0.4 is 10.6 Å². The van der Waals surface area contributed by atoms with E-state index >= 15 is 0 Å². The summed E-state index contributed by atoms with van der Waals surface area (Å²) in [6, 6.07) is 17.4. The van der Waals surface area contributed by atoms with Crippen molar-refractivity contribution < 1.29 is 4.79 Å². The van der Waals surface area contributed by atoms with Crippen molar-refractivity contribution in [1.82, 2.24) is 4.90 Å². The van der Waals surface area contributed by atoms with Crippen LogP contribution in [0.5, 0.6) is 0 Å². The van der Waals surface area contributed by atoms with Crippen LogP contribution in [0.4, 0.5) is 5.69 Å². The van der Waals surface area contributed by atoms with Gasteiger partial charge in [0.2, 0.25) is 5.91 Å². The molecule has 1 saturated heterocycles. The fourth-order valence-electron chi connectivity index (χ4n) is 3.00. The van der Waals surface area contributed by atoms with E-state index in [1.807, 2.05) is 59.5 Å². The van der Waals surface area contributed by atoms with Crippen molar-refractivity contribution >= 4 is 48.0 Å². The van der Waals surface area contributed by atoms with Gasteiger partial charge in [0, 0.05) is 49.4 Å². The van der Waals surface area contributed by atoms with Gasteiger partial charge in [-0.15, -0.1) is 24.8 Å². The number of rotatable bonds is 4. The predicted octanol–water partition coefficient (Wildman–Crippen LogP) is 3.92. The average Bonchev–Trinajstić information content (AvgIpc) is 2.63. The van der Waals surface area contributed by atoms with Gasteiger partial charge in [-0.25, -0.2) is 0 Å². The molecule has 1 aliphatic heterocycles. The van der Waals surface area contributed by atoms with E-state index in [1.54, 1.807) is 0 Å². The van der Waals surface area contributed by atoms with Crippen molar-refractivity contribution in [3.05, 3.63) is 65.2 Å². The van der Waals surface area contributed by atoms with Crippen molar-refractivity contribution in [2.45, 2.75) is 12.5 Å². The Morgan fingerprint density at radius 2 is 1.54 bits per heavy atom. The Kier molecular flexibility index (Phi) is 9.23. The first-order valence-corrected chi connectivity index (χ1v) is 8.60. The summed E-state index contributed by atoms with van der Waals surface area (Å²) in [6.07, 6.45) is 0.352. The number of amides is 1. The number of benzene rings is 2. The molecule has 0 bridgehead atoms. The van der Waals surface area contributed by atoms with Gasteiger partial charge in [0.15, 0.2) is 0 Å². The molecule has 1 atom stereocenters. The lowest BCUT2D eigenvalue weighted by molar-refractivity contribution is -0.131. The number of hydrogen-bond donors (Lipinski definition) is 1. The van der Waals surface area contributed by atoms with Gasteiger partial charge in [-0.2, -0.15) is 0 Å². The number of anilines is 1. The fourth-order valence-corrected chi connectivity index (χ4v) is 3.13. The van der Waals surface area contributed by atoms with Crippen LogP contribution >= 0.6 is 36.4 Å². The number of piperazine rings is 1. The van der Waals surface area contributed by atoms with E-state index < -0.39 is 0 Å². The lowest BCUT2D eigenvalue weighted by Crippen LogP contribution is -2.49. The van der Waals surface area contributed by atoms with Crippen LogP contribution in [0.15, 0.2) is 54.6 Å². The lowest BCUT2D eigenvalue weighted by Gasteiger charge is -2.36. The zero-order valence-electron chi connectivity index (χ0n) is 14.4. The average molecular weight is 417 g/mol. The van der Waals surface area contributed by atoms with Gasteiger partial charge in [0.25, 0.3) is 0 Å². The summed E-state index contributed by atoms with van der Waals surface area (Å²) < 4.78 is 0. The second-order valence-electron chi connectivity index (χ2n) is 6.07. The van der Waals surface area contributed by atoms with E-state index in [1.165, 1.54) is 0 Å². The first-order valence-electron chi connectivity index (χ1n) is 8.22. The predicted molar refractivity (Wildman–Crippen MR) is 113 cm³/mol. The molecule has 0 spiro atoms. The third-order valence-corrected chi connectivity index (χ3v) is 4.70. The summed E-state index contributed by atoms with van der Waals surface area (Å²) in [5.41, 5.74) is 8.32. The largest absolute Gasteiger partial charge is 0.368 e. The molecule has 1 fully saturated rings. The van der Waals surface area contributed by atoms with Crippen LogP contribution in [-0.4, -0.2) is 37.0 Å². The Labute approximate surface area is 172 Å². The molecule has 2 N–H and O–H groups in total. The van der Waals surface area contributed by atoms with Gasteiger partial charge in [-0.05, 0) is 29.8 Å². The molecule has 0 aromatic heterocycles. The zero-order chi connectivity index (χ0) is 16.9. The standard InChI is InChI=1S/C19H22ClN3O.2ClH/c20-16-6-8-17(9-7-16)22-10-12-23(13-11-22)19(24)14-18(21)15-4-2-1-3-5-15;;/h1-9,18H,10-14,21H2;2*1H. The van der Waals surface area contributed by atoms with Crippen molar-refractivity contribution in [1.29, 1.82) is 0 Å². The normalized spacial score (nSPS) is 14.8. The second kappa shape index (κ2) is 10.6. The molecule has 0 saturated carbocycles. The first kappa shape index (κ1) is 22.6. The van der Waals surface area contributed by atoms with Gasteiger partial charge in [0.1, 0.15) is 0 Å². The van der Waals surface area contributed by atoms with Crippen LogP contribution in [0.2, 0.25) is 5.02 Å². The molecule has 3 rings (SSSR count). The van der Waals surface area contributed by atoms with E-state index in [4.69, 9.17) is 17.3 Å². The van der Waals surface area contributed by atoms with Crippen LogP contribution in [0, 0.1) is 0 Å². The van der Waals surface area contributed by atoms with Crippen LogP contribution in [0.1, 0.15) is 18.0 Å². The van der Waals surface area contributed by atoms with E-state index in [0.717, 1.165) is 42.5 Å². The summed E-state index contributed by atoms with van der Waals surface area (Å²) in [6.45, 7) is 3.10. The maximum Gasteiger partial charge on any atom is 0.224 e. The number of halogens is 3. The second-order valence-corrected chi connectivity index (χ2v) is 6.50. The van der Waals surface area contributed by atoms with Gasteiger partial charge < -0.3 is 15.5 Å². The van der Waals surface area contributed by atoms with Crippen molar-refractivity contribution in [3.8, 4) is 0 Å². The maximum absolute atomic E-state index is 12.5. The molecule has 7 heteroatoms. The molecule has 142 valence electrons. The maximum atomic E-state index is 12.5. The molecule has 1 aliphatic rings. The van der Waals surface area contributed by atoms with E-state index in [9.17, 15) is 4.79 Å². The van der Waals surface area contributed by atoms with Gasteiger partial charge in [-0.3, -0.25) is 4.79 Å². The molecule has 1 heterocycles. The van der Waals surface area contributed by atoms with Crippen molar-refractivity contribution in [2.24, 2.45) is 5.73 Å². The smallest absolute Gasteiger partial charge is 0.224 e. The van der Waals surface area contributed by atoms with Crippen molar-refractivity contribution in [3.63, 3.8) is 0 Å². The Morgan fingerprint density at radius 1 is 0.962 bits per heavy atom. The molecule has 2 aromatic carbocycles. The number of carbonyl (C=O) groups is 1. The highest BCUT2D eigenvalue weighted by molar-refractivity contribution is 6.30. The molecule has 26 heavy (non-hydrogen) atoms. The highest BCUT2D eigenvalue weighted by atomic mass is 35.5. The minimum absolute atomic E-state index is 0. The number of nitrogens with zero attached hydrogens (tertiary/aromatic N) is 2. The molecule has 1 amide bonds.